The largest absolute Gasteiger partial charge is 0.458 e. The molecular weight excluding hydrogens is 464 g/mol. The Bertz CT molecular complexity index is 1130. The van der Waals surface area contributed by atoms with Crippen molar-refractivity contribution in [1.82, 2.24) is 10.2 Å². The van der Waals surface area contributed by atoms with E-state index in [0.717, 1.165) is 48.8 Å². The monoisotopic (exact) mass is 504 g/mol. The van der Waals surface area contributed by atoms with Crippen LogP contribution in [0.25, 0.3) is 0 Å². The van der Waals surface area contributed by atoms with Crippen LogP contribution in [0.1, 0.15) is 40.5 Å². The summed E-state index contributed by atoms with van der Waals surface area (Å²) < 4.78 is 6.10. The maximum absolute atomic E-state index is 10.9. The van der Waals surface area contributed by atoms with E-state index in [1.807, 2.05) is 30.3 Å². The van der Waals surface area contributed by atoms with Gasteiger partial charge < -0.3 is 25.4 Å². The van der Waals surface area contributed by atoms with Crippen LogP contribution in [-0.4, -0.2) is 66.0 Å². The van der Waals surface area contributed by atoms with Crippen molar-refractivity contribution in [2.75, 3.05) is 25.5 Å². The number of aliphatic hydroxyl groups excluding tert-OH is 1. The van der Waals surface area contributed by atoms with Crippen molar-refractivity contribution in [3.63, 3.8) is 0 Å². The first kappa shape index (κ1) is 25.7. The highest BCUT2D eigenvalue weighted by atomic mass is 16.5. The van der Waals surface area contributed by atoms with E-state index < -0.39 is 11.9 Å². The molecule has 0 bridgehead atoms. The van der Waals surface area contributed by atoms with Gasteiger partial charge in [0.15, 0.2) is 6.23 Å². The second-order valence-electron chi connectivity index (χ2n) is 11.2. The summed E-state index contributed by atoms with van der Waals surface area (Å²) >= 11 is 0. The second kappa shape index (κ2) is 10.4. The molecule has 3 heterocycles. The standard InChI is InChI=1S/C29H40N6O2/c1-18-6-9-24(16-19(18)2)37-23-10-7-22(8-11-23)33-29(4)25-26(20(3)17-30-27(25)36)32-28(34-29)31-21-12-14-35(5)15-13-21/h6-11,16-21,25,27,33,36H,12-15H2,1-5H3,(H,31,34). The van der Waals surface area contributed by atoms with Crippen molar-refractivity contribution < 1.29 is 9.84 Å². The number of anilines is 1. The fraction of sp³-hybridized carbons (Fsp3) is 0.552. The fourth-order valence-electron chi connectivity index (χ4n) is 5.51. The lowest BCUT2D eigenvalue weighted by Crippen LogP contribution is -2.66. The predicted octanol–water partition coefficient (Wildman–Crippen LogP) is 4.07. The normalized spacial score (nSPS) is 35.4. The number of piperidine rings is 1. The molecule has 4 aliphatic rings. The summed E-state index contributed by atoms with van der Waals surface area (Å²) in [6.07, 6.45) is 9.34. The molecule has 198 valence electrons. The smallest absolute Gasteiger partial charge is 0.220 e. The van der Waals surface area contributed by atoms with Gasteiger partial charge in [0.05, 0.1) is 12.0 Å². The van der Waals surface area contributed by atoms with E-state index in [2.05, 4.69) is 67.4 Å². The first-order valence-electron chi connectivity index (χ1n) is 13.5. The van der Waals surface area contributed by atoms with Crippen LogP contribution in [0.2, 0.25) is 0 Å². The van der Waals surface area contributed by atoms with Gasteiger partial charge in [-0.2, -0.15) is 0 Å². The average Bonchev–Trinajstić information content (AvgIpc) is 2.86. The van der Waals surface area contributed by atoms with Gasteiger partial charge in [-0.1, -0.05) is 26.8 Å². The highest BCUT2D eigenvalue weighted by Gasteiger charge is 2.48. The zero-order chi connectivity index (χ0) is 26.2. The number of benzene rings is 1. The van der Waals surface area contributed by atoms with E-state index in [9.17, 15) is 5.11 Å². The van der Waals surface area contributed by atoms with Crippen molar-refractivity contribution >= 4 is 23.6 Å². The van der Waals surface area contributed by atoms with Crippen molar-refractivity contribution in [1.29, 1.82) is 0 Å². The van der Waals surface area contributed by atoms with Crippen molar-refractivity contribution in [3.05, 3.63) is 48.3 Å². The van der Waals surface area contributed by atoms with Gasteiger partial charge >= 0.3 is 0 Å². The maximum Gasteiger partial charge on any atom is 0.220 e. The molecule has 8 heteroatoms. The molecule has 0 spiro atoms. The van der Waals surface area contributed by atoms with Gasteiger partial charge in [-0.25, -0.2) is 9.98 Å². The van der Waals surface area contributed by atoms with Gasteiger partial charge in [0, 0.05) is 23.5 Å². The van der Waals surface area contributed by atoms with Gasteiger partial charge in [0.2, 0.25) is 5.96 Å². The predicted molar refractivity (Wildman–Crippen MR) is 150 cm³/mol. The summed E-state index contributed by atoms with van der Waals surface area (Å²) in [5.74, 6) is 2.95. The molecule has 3 N–H and O–H groups in total. The molecule has 1 fully saturated rings. The van der Waals surface area contributed by atoms with Gasteiger partial charge in [-0.05, 0) is 88.2 Å². The average molecular weight is 505 g/mol. The van der Waals surface area contributed by atoms with Crippen LogP contribution in [0.5, 0.6) is 5.75 Å². The number of likely N-dealkylation sites (tertiary alicyclic amines) is 1. The van der Waals surface area contributed by atoms with Gasteiger partial charge in [0.25, 0.3) is 0 Å². The zero-order valence-electron chi connectivity index (χ0n) is 22.6. The number of aliphatic hydroxyl groups is 1. The molecule has 8 nitrogen and oxygen atoms in total. The summed E-state index contributed by atoms with van der Waals surface area (Å²) in [7, 11) is 2.15. The van der Waals surface area contributed by atoms with Crippen molar-refractivity contribution in [3.8, 4) is 5.75 Å². The minimum absolute atomic E-state index is 0.0250. The Balaban J connectivity index is 1.36. The Hall–Kier alpha value is -2.97. The molecule has 37 heavy (non-hydrogen) atoms. The Kier molecular flexibility index (Phi) is 7.23. The quantitative estimate of drug-likeness (QED) is 0.562. The van der Waals surface area contributed by atoms with Crippen LogP contribution < -0.4 is 15.4 Å². The van der Waals surface area contributed by atoms with Crippen LogP contribution >= 0.6 is 0 Å². The topological polar surface area (TPSA) is 93.8 Å². The third-order valence-corrected chi connectivity index (χ3v) is 8.08. The minimum Gasteiger partial charge on any atom is -0.458 e. The zero-order valence-corrected chi connectivity index (χ0v) is 22.6. The van der Waals surface area contributed by atoms with E-state index in [4.69, 9.17) is 14.7 Å². The second-order valence-corrected chi connectivity index (χ2v) is 11.2. The van der Waals surface area contributed by atoms with Crippen molar-refractivity contribution in [2.45, 2.75) is 58.5 Å². The third-order valence-electron chi connectivity index (χ3n) is 8.08. The first-order valence-corrected chi connectivity index (χ1v) is 13.5. The molecule has 1 saturated heterocycles. The van der Waals surface area contributed by atoms with Gasteiger partial charge in [-0.3, -0.25) is 4.99 Å². The Morgan fingerprint density at radius 2 is 1.86 bits per heavy atom. The molecule has 0 radical (unpaired) electrons. The summed E-state index contributed by atoms with van der Waals surface area (Å²) in [4.78, 5) is 16.6. The summed E-state index contributed by atoms with van der Waals surface area (Å²) in [6.45, 7) is 10.6. The van der Waals surface area contributed by atoms with Gasteiger partial charge in [-0.15, -0.1) is 0 Å². The summed E-state index contributed by atoms with van der Waals surface area (Å²) in [5.41, 5.74) is 1.09. The molecule has 0 saturated carbocycles. The molecule has 0 amide bonds. The Labute approximate surface area is 220 Å². The lowest BCUT2D eigenvalue weighted by atomic mass is 9.79. The van der Waals surface area contributed by atoms with Crippen LogP contribution in [-0.2, 0) is 0 Å². The minimum atomic E-state index is -0.887. The molecule has 6 atom stereocenters. The van der Waals surface area contributed by atoms with E-state index in [1.165, 1.54) is 0 Å². The van der Waals surface area contributed by atoms with Crippen LogP contribution in [0.3, 0.4) is 0 Å². The lowest BCUT2D eigenvalue weighted by molar-refractivity contribution is 0.104. The van der Waals surface area contributed by atoms with Crippen LogP contribution in [0, 0.1) is 23.7 Å². The fourth-order valence-corrected chi connectivity index (χ4v) is 5.51. The Morgan fingerprint density at radius 1 is 1.14 bits per heavy atom. The molecule has 1 aromatic rings. The molecule has 1 aromatic carbocycles. The highest BCUT2D eigenvalue weighted by Crippen LogP contribution is 2.34. The SMILES string of the molecule is CC1C=NC(O)C2C1=NC(=NC1CCN(C)CC1)NC2(C)Nc1ccc(OC2=CC(C)C(C)C=C2)cc1. The number of allylic oxidation sites excluding steroid dienone is 3. The number of nitrogens with one attached hydrogen (secondary N) is 2. The first-order chi connectivity index (χ1) is 17.7. The number of fused-ring (bicyclic) bond motifs is 1. The summed E-state index contributed by atoms with van der Waals surface area (Å²) in [5, 5.41) is 18.1. The number of nitrogens with zero attached hydrogens (tertiary/aromatic N) is 4. The lowest BCUT2D eigenvalue weighted by Gasteiger charge is -2.47. The summed E-state index contributed by atoms with van der Waals surface area (Å²) in [6, 6.07) is 8.18. The molecule has 3 aliphatic heterocycles. The number of aliphatic imine (C=N–C) groups is 3. The van der Waals surface area contributed by atoms with E-state index in [1.54, 1.807) is 6.21 Å². The van der Waals surface area contributed by atoms with Gasteiger partial charge in [0.1, 0.15) is 17.2 Å². The number of rotatable bonds is 5. The highest BCUT2D eigenvalue weighted by molar-refractivity contribution is 6.10. The number of ether oxygens (including phenoxy) is 1. The molecule has 1 aliphatic carbocycles. The van der Waals surface area contributed by atoms with Crippen LogP contribution in [0.15, 0.2) is 63.2 Å². The van der Waals surface area contributed by atoms with Crippen molar-refractivity contribution in [2.24, 2.45) is 38.6 Å². The number of hydrogen-bond donors (Lipinski definition) is 3. The molecule has 5 rings (SSSR count). The Morgan fingerprint density at radius 3 is 2.57 bits per heavy atom. The van der Waals surface area contributed by atoms with E-state index >= 15 is 0 Å². The number of guanidine groups is 1. The third kappa shape index (κ3) is 5.65. The molecular formula is C29H40N6O2. The molecule has 0 aromatic heterocycles. The maximum atomic E-state index is 10.9. The number of hydrogen-bond acceptors (Lipinski definition) is 6. The van der Waals surface area contributed by atoms with E-state index in [0.29, 0.717) is 17.8 Å². The van der Waals surface area contributed by atoms with E-state index in [-0.39, 0.29) is 17.9 Å². The molecule has 6 unspecified atom stereocenters. The van der Waals surface area contributed by atoms with Crippen LogP contribution in [0.4, 0.5) is 5.69 Å².